The number of fused-ring (bicyclic) bond motifs is 1. The van der Waals surface area contributed by atoms with Crippen LogP contribution in [0.2, 0.25) is 0 Å². The van der Waals surface area contributed by atoms with Gasteiger partial charge in [0.15, 0.2) is 0 Å². The number of aromatic nitrogens is 1. The first-order valence-corrected chi connectivity index (χ1v) is 6.80. The number of nitrogens with one attached hydrogen (secondary N) is 2. The Morgan fingerprint density at radius 1 is 1.45 bits per heavy atom. The SMILES string of the molecule is CC(C)CC(O)CNC(=O)c1c[nH]c2ccc(N)cc12. The van der Waals surface area contributed by atoms with Crippen molar-refractivity contribution in [3.8, 4) is 0 Å². The molecule has 108 valence electrons. The Hall–Kier alpha value is -2.01. The van der Waals surface area contributed by atoms with Gasteiger partial charge in [-0.05, 0) is 30.5 Å². The number of rotatable bonds is 5. The van der Waals surface area contributed by atoms with Gasteiger partial charge in [-0.25, -0.2) is 0 Å². The van der Waals surface area contributed by atoms with Crippen LogP contribution >= 0.6 is 0 Å². The third-order valence-electron chi connectivity index (χ3n) is 3.19. The molecule has 0 radical (unpaired) electrons. The molecule has 0 aliphatic rings. The van der Waals surface area contributed by atoms with Gasteiger partial charge in [0.2, 0.25) is 0 Å². The van der Waals surface area contributed by atoms with Crippen molar-refractivity contribution in [2.24, 2.45) is 5.92 Å². The minimum atomic E-state index is -0.519. The molecule has 1 amide bonds. The summed E-state index contributed by atoms with van der Waals surface area (Å²) in [6.07, 6.45) is 1.81. The second-order valence-corrected chi connectivity index (χ2v) is 5.50. The maximum Gasteiger partial charge on any atom is 0.253 e. The zero-order valence-electron chi connectivity index (χ0n) is 11.8. The monoisotopic (exact) mass is 275 g/mol. The van der Waals surface area contributed by atoms with Crippen LogP contribution in [0.5, 0.6) is 0 Å². The van der Waals surface area contributed by atoms with Crippen LogP contribution in [0.4, 0.5) is 5.69 Å². The van der Waals surface area contributed by atoms with E-state index in [0.717, 1.165) is 10.9 Å². The molecule has 1 atom stereocenters. The second kappa shape index (κ2) is 5.96. The Bertz CT molecular complexity index is 604. The summed E-state index contributed by atoms with van der Waals surface area (Å²) in [7, 11) is 0. The maximum atomic E-state index is 12.1. The molecule has 0 saturated carbocycles. The first-order valence-electron chi connectivity index (χ1n) is 6.80. The summed E-state index contributed by atoms with van der Waals surface area (Å²) in [6, 6.07) is 5.40. The molecule has 1 aromatic heterocycles. The van der Waals surface area contributed by atoms with Crippen molar-refractivity contribution in [3.63, 3.8) is 0 Å². The predicted molar refractivity (Wildman–Crippen MR) is 80.5 cm³/mol. The minimum absolute atomic E-state index is 0.204. The van der Waals surface area contributed by atoms with Gasteiger partial charge in [-0.3, -0.25) is 4.79 Å². The molecule has 0 bridgehead atoms. The average molecular weight is 275 g/mol. The molecule has 1 aromatic carbocycles. The predicted octanol–water partition coefficient (Wildman–Crippen LogP) is 1.89. The fourth-order valence-electron chi connectivity index (χ4n) is 2.26. The Kier molecular flexibility index (Phi) is 4.29. The molecule has 0 fully saturated rings. The summed E-state index contributed by atoms with van der Waals surface area (Å²) in [5.41, 5.74) is 7.77. The smallest absolute Gasteiger partial charge is 0.253 e. The van der Waals surface area contributed by atoms with Gasteiger partial charge in [-0.2, -0.15) is 0 Å². The molecule has 0 aliphatic heterocycles. The topological polar surface area (TPSA) is 91.1 Å². The Morgan fingerprint density at radius 2 is 2.20 bits per heavy atom. The number of aromatic amines is 1. The van der Waals surface area contributed by atoms with Gasteiger partial charge in [0, 0.05) is 29.3 Å². The van der Waals surface area contributed by atoms with Crippen molar-refractivity contribution in [1.29, 1.82) is 0 Å². The molecule has 2 aromatic rings. The Balaban J connectivity index is 2.06. The number of aliphatic hydroxyl groups excluding tert-OH is 1. The van der Waals surface area contributed by atoms with Gasteiger partial charge in [0.05, 0.1) is 11.7 Å². The average Bonchev–Trinajstić information content (AvgIpc) is 2.78. The van der Waals surface area contributed by atoms with E-state index in [1.807, 2.05) is 19.9 Å². The molecule has 20 heavy (non-hydrogen) atoms. The third-order valence-corrected chi connectivity index (χ3v) is 3.19. The molecule has 1 unspecified atom stereocenters. The number of benzene rings is 1. The fraction of sp³-hybridized carbons (Fsp3) is 0.400. The lowest BCUT2D eigenvalue weighted by Gasteiger charge is -2.13. The van der Waals surface area contributed by atoms with E-state index in [2.05, 4.69) is 10.3 Å². The van der Waals surface area contributed by atoms with Gasteiger partial charge in [0.1, 0.15) is 0 Å². The van der Waals surface area contributed by atoms with Crippen molar-refractivity contribution in [1.82, 2.24) is 10.3 Å². The number of amides is 1. The largest absolute Gasteiger partial charge is 0.399 e. The van der Waals surface area contributed by atoms with Gasteiger partial charge >= 0.3 is 0 Å². The van der Waals surface area contributed by atoms with Gasteiger partial charge < -0.3 is 21.1 Å². The van der Waals surface area contributed by atoms with E-state index in [-0.39, 0.29) is 12.5 Å². The molecule has 0 spiro atoms. The number of hydrogen-bond acceptors (Lipinski definition) is 3. The Labute approximate surface area is 118 Å². The second-order valence-electron chi connectivity index (χ2n) is 5.50. The zero-order chi connectivity index (χ0) is 14.7. The minimum Gasteiger partial charge on any atom is -0.399 e. The fourth-order valence-corrected chi connectivity index (χ4v) is 2.26. The Morgan fingerprint density at radius 3 is 2.90 bits per heavy atom. The van der Waals surface area contributed by atoms with E-state index in [1.54, 1.807) is 18.3 Å². The number of nitrogens with two attached hydrogens (primary N) is 1. The summed E-state index contributed by atoms with van der Waals surface area (Å²) in [4.78, 5) is 15.2. The first-order chi connectivity index (χ1) is 9.47. The van der Waals surface area contributed by atoms with Crippen LogP contribution in [-0.2, 0) is 0 Å². The van der Waals surface area contributed by atoms with Crippen molar-refractivity contribution in [2.75, 3.05) is 12.3 Å². The third kappa shape index (κ3) is 3.30. The lowest BCUT2D eigenvalue weighted by molar-refractivity contribution is 0.0902. The van der Waals surface area contributed by atoms with Crippen molar-refractivity contribution in [2.45, 2.75) is 26.4 Å². The highest BCUT2D eigenvalue weighted by molar-refractivity contribution is 6.07. The number of H-pyrrole nitrogens is 1. The number of hydrogen-bond donors (Lipinski definition) is 4. The van der Waals surface area contributed by atoms with Crippen LogP contribution in [-0.4, -0.2) is 28.6 Å². The van der Waals surface area contributed by atoms with Gasteiger partial charge in [-0.1, -0.05) is 13.8 Å². The van der Waals surface area contributed by atoms with E-state index in [1.165, 1.54) is 0 Å². The van der Waals surface area contributed by atoms with Crippen LogP contribution in [0, 0.1) is 5.92 Å². The van der Waals surface area contributed by atoms with Crippen LogP contribution < -0.4 is 11.1 Å². The van der Waals surface area contributed by atoms with E-state index in [9.17, 15) is 9.90 Å². The summed E-state index contributed by atoms with van der Waals surface area (Å²) < 4.78 is 0. The summed E-state index contributed by atoms with van der Waals surface area (Å²) in [5.74, 6) is 0.194. The summed E-state index contributed by atoms with van der Waals surface area (Å²) in [6.45, 7) is 4.33. The highest BCUT2D eigenvalue weighted by Crippen LogP contribution is 2.20. The summed E-state index contributed by atoms with van der Waals surface area (Å²) >= 11 is 0. The van der Waals surface area contributed by atoms with E-state index in [4.69, 9.17) is 5.73 Å². The molecule has 2 rings (SSSR count). The number of anilines is 1. The normalized spacial score (nSPS) is 12.8. The lowest BCUT2D eigenvalue weighted by Crippen LogP contribution is -2.32. The molecule has 5 nitrogen and oxygen atoms in total. The van der Waals surface area contributed by atoms with Crippen LogP contribution in [0.15, 0.2) is 24.4 Å². The first kappa shape index (κ1) is 14.4. The number of nitrogen functional groups attached to an aromatic ring is 1. The maximum absolute atomic E-state index is 12.1. The highest BCUT2D eigenvalue weighted by Gasteiger charge is 2.14. The number of carbonyl (C=O) groups is 1. The molecule has 0 aliphatic carbocycles. The highest BCUT2D eigenvalue weighted by atomic mass is 16.3. The van der Waals surface area contributed by atoms with Gasteiger partial charge in [0.25, 0.3) is 5.91 Å². The van der Waals surface area contributed by atoms with Crippen LogP contribution in [0.1, 0.15) is 30.6 Å². The van der Waals surface area contributed by atoms with E-state index >= 15 is 0 Å². The number of carbonyl (C=O) groups excluding carboxylic acids is 1. The summed E-state index contributed by atoms with van der Waals surface area (Å²) in [5, 5.41) is 13.3. The number of aliphatic hydroxyl groups is 1. The van der Waals surface area contributed by atoms with Gasteiger partial charge in [-0.15, -0.1) is 0 Å². The molecular formula is C15H21N3O2. The van der Waals surface area contributed by atoms with E-state index in [0.29, 0.717) is 23.6 Å². The van der Waals surface area contributed by atoms with Crippen molar-refractivity contribution in [3.05, 3.63) is 30.0 Å². The molecule has 1 heterocycles. The lowest BCUT2D eigenvalue weighted by atomic mass is 10.1. The quantitative estimate of drug-likeness (QED) is 0.628. The van der Waals surface area contributed by atoms with Crippen LogP contribution in [0.3, 0.4) is 0 Å². The zero-order valence-corrected chi connectivity index (χ0v) is 11.8. The van der Waals surface area contributed by atoms with Crippen molar-refractivity contribution >= 4 is 22.5 Å². The standard InChI is InChI=1S/C15H21N3O2/c1-9(2)5-11(19)7-18-15(20)13-8-17-14-4-3-10(16)6-12(13)14/h3-4,6,8-9,11,17,19H,5,7,16H2,1-2H3,(H,18,20). The molecule has 0 saturated heterocycles. The molecule has 5 N–H and O–H groups in total. The van der Waals surface area contributed by atoms with Crippen LogP contribution in [0.25, 0.3) is 10.9 Å². The van der Waals surface area contributed by atoms with E-state index < -0.39 is 6.10 Å². The van der Waals surface area contributed by atoms with Crippen molar-refractivity contribution < 1.29 is 9.90 Å². The molecule has 5 heteroatoms. The molecular weight excluding hydrogens is 254 g/mol.